The number of rotatable bonds is 8. The van der Waals surface area contributed by atoms with E-state index in [4.69, 9.17) is 4.74 Å². The number of amides is 2. The van der Waals surface area contributed by atoms with Crippen molar-refractivity contribution in [2.75, 3.05) is 27.2 Å². The van der Waals surface area contributed by atoms with E-state index in [1.54, 1.807) is 31.1 Å². The van der Waals surface area contributed by atoms with Crippen molar-refractivity contribution in [1.29, 1.82) is 0 Å². The number of likely N-dealkylation sites (N-methyl/N-ethyl adjacent to an activating group) is 2. The van der Waals surface area contributed by atoms with Crippen LogP contribution in [0.5, 0.6) is 5.75 Å². The van der Waals surface area contributed by atoms with Crippen molar-refractivity contribution in [2.45, 2.75) is 19.9 Å². The molecular weight excluding hydrogens is 376 g/mol. The Morgan fingerprint density at radius 3 is 2.30 bits per heavy atom. The van der Waals surface area contributed by atoms with E-state index in [9.17, 15) is 9.59 Å². The summed E-state index contributed by atoms with van der Waals surface area (Å²) in [6.45, 7) is 3.11. The van der Waals surface area contributed by atoms with Crippen molar-refractivity contribution in [3.05, 3.63) is 77.9 Å². The van der Waals surface area contributed by atoms with Crippen LogP contribution in [0.15, 0.2) is 66.7 Å². The van der Waals surface area contributed by atoms with Crippen LogP contribution in [-0.2, 0) is 11.3 Å². The quantitative estimate of drug-likeness (QED) is 0.561. The van der Waals surface area contributed by atoms with Gasteiger partial charge in [-0.25, -0.2) is 0 Å². The maximum absolute atomic E-state index is 12.8. The highest BCUT2D eigenvalue weighted by Gasteiger charge is 2.19. The Bertz CT molecular complexity index is 1020. The van der Waals surface area contributed by atoms with E-state index >= 15 is 0 Å². The minimum absolute atomic E-state index is 0.0140. The predicted molar refractivity (Wildman–Crippen MR) is 120 cm³/mol. The molecule has 0 aromatic heterocycles. The Labute approximate surface area is 177 Å². The van der Waals surface area contributed by atoms with Gasteiger partial charge in [0.2, 0.25) is 5.91 Å². The molecule has 3 aromatic carbocycles. The highest BCUT2D eigenvalue weighted by molar-refractivity contribution is 5.96. The number of carbonyl (C=O) groups excluding carboxylic acids is 2. The van der Waals surface area contributed by atoms with Crippen LogP contribution >= 0.6 is 0 Å². The number of ether oxygens (including phenoxy) is 1. The van der Waals surface area contributed by atoms with Crippen LogP contribution < -0.4 is 4.74 Å². The van der Waals surface area contributed by atoms with Crippen LogP contribution in [0.2, 0.25) is 0 Å². The molecule has 156 valence electrons. The molecule has 0 saturated heterocycles. The molecule has 2 amide bonds. The Balaban J connectivity index is 1.76. The van der Waals surface area contributed by atoms with E-state index in [0.717, 1.165) is 28.5 Å². The summed E-state index contributed by atoms with van der Waals surface area (Å²) in [5.74, 6) is 0.495. The lowest BCUT2D eigenvalue weighted by Gasteiger charge is -2.24. The summed E-state index contributed by atoms with van der Waals surface area (Å²) < 4.78 is 5.95. The summed E-state index contributed by atoms with van der Waals surface area (Å²) in [4.78, 5) is 28.5. The molecule has 0 aliphatic rings. The summed E-state index contributed by atoms with van der Waals surface area (Å²) in [5, 5.41) is 2.17. The molecule has 0 heterocycles. The first-order chi connectivity index (χ1) is 14.5. The summed E-state index contributed by atoms with van der Waals surface area (Å²) in [7, 11) is 3.41. The second-order valence-corrected chi connectivity index (χ2v) is 7.39. The molecule has 3 rings (SSSR count). The molecule has 3 aromatic rings. The van der Waals surface area contributed by atoms with Crippen molar-refractivity contribution < 1.29 is 14.3 Å². The van der Waals surface area contributed by atoms with E-state index in [-0.39, 0.29) is 18.4 Å². The first kappa shape index (κ1) is 21.4. The first-order valence-corrected chi connectivity index (χ1v) is 10.2. The Hall–Kier alpha value is -3.34. The van der Waals surface area contributed by atoms with Gasteiger partial charge in [0.05, 0.1) is 13.2 Å². The zero-order valence-corrected chi connectivity index (χ0v) is 17.8. The van der Waals surface area contributed by atoms with Gasteiger partial charge in [-0.05, 0) is 35.4 Å². The molecule has 0 bridgehead atoms. The van der Waals surface area contributed by atoms with Gasteiger partial charge in [0, 0.05) is 31.8 Å². The molecule has 5 nitrogen and oxygen atoms in total. The summed E-state index contributed by atoms with van der Waals surface area (Å²) >= 11 is 0. The average molecular weight is 405 g/mol. The molecule has 5 heteroatoms. The molecule has 0 fully saturated rings. The third-order valence-corrected chi connectivity index (χ3v) is 5.02. The second-order valence-electron chi connectivity index (χ2n) is 7.39. The largest absolute Gasteiger partial charge is 0.493 e. The van der Waals surface area contributed by atoms with Crippen molar-refractivity contribution in [1.82, 2.24) is 9.80 Å². The SMILES string of the molecule is CCCOc1ccc2ccccc2c1CN(C)C(=O)CN(C)C(=O)c1ccccc1. The normalized spacial score (nSPS) is 10.6. The van der Waals surface area contributed by atoms with E-state index in [2.05, 4.69) is 13.0 Å². The summed E-state index contributed by atoms with van der Waals surface area (Å²) in [6.07, 6.45) is 0.910. The monoisotopic (exact) mass is 404 g/mol. The highest BCUT2D eigenvalue weighted by atomic mass is 16.5. The summed E-state index contributed by atoms with van der Waals surface area (Å²) in [5.41, 5.74) is 1.55. The van der Waals surface area contributed by atoms with Crippen LogP contribution in [0.1, 0.15) is 29.3 Å². The van der Waals surface area contributed by atoms with Crippen LogP contribution in [0.3, 0.4) is 0 Å². The number of carbonyl (C=O) groups is 2. The first-order valence-electron chi connectivity index (χ1n) is 10.2. The summed E-state index contributed by atoms with van der Waals surface area (Å²) in [6, 6.07) is 21.1. The molecule has 0 N–H and O–H groups in total. The zero-order valence-electron chi connectivity index (χ0n) is 17.8. The Morgan fingerprint density at radius 2 is 1.57 bits per heavy atom. The van der Waals surface area contributed by atoms with Gasteiger partial charge in [-0.2, -0.15) is 0 Å². The highest BCUT2D eigenvalue weighted by Crippen LogP contribution is 2.29. The fourth-order valence-corrected chi connectivity index (χ4v) is 3.35. The zero-order chi connectivity index (χ0) is 21.5. The van der Waals surface area contributed by atoms with Crippen molar-refractivity contribution in [2.24, 2.45) is 0 Å². The van der Waals surface area contributed by atoms with Crippen LogP contribution in [0.4, 0.5) is 0 Å². The molecule has 0 aliphatic carbocycles. The fraction of sp³-hybridized carbons (Fsp3) is 0.280. The van der Waals surface area contributed by atoms with Gasteiger partial charge in [-0.15, -0.1) is 0 Å². The number of nitrogens with zero attached hydrogens (tertiary/aromatic N) is 2. The van der Waals surface area contributed by atoms with Gasteiger partial charge in [0.25, 0.3) is 5.91 Å². The second kappa shape index (κ2) is 9.92. The van der Waals surface area contributed by atoms with Gasteiger partial charge in [-0.1, -0.05) is 55.5 Å². The van der Waals surface area contributed by atoms with Crippen LogP contribution in [0, 0.1) is 0 Å². The maximum Gasteiger partial charge on any atom is 0.254 e. The lowest BCUT2D eigenvalue weighted by molar-refractivity contribution is -0.130. The van der Waals surface area contributed by atoms with Gasteiger partial charge in [0.1, 0.15) is 5.75 Å². The van der Waals surface area contributed by atoms with Crippen molar-refractivity contribution >= 4 is 22.6 Å². The fourth-order valence-electron chi connectivity index (χ4n) is 3.35. The standard InChI is InChI=1S/C25H28N2O3/c1-4-16-30-23-15-14-19-10-8-9-13-21(19)22(23)17-26(2)24(28)18-27(3)25(29)20-11-6-5-7-12-20/h5-15H,4,16-18H2,1-3H3. The van der Waals surface area contributed by atoms with Crippen molar-refractivity contribution in [3.8, 4) is 5.75 Å². The van der Waals surface area contributed by atoms with E-state index < -0.39 is 0 Å². The van der Waals surface area contributed by atoms with E-state index in [1.807, 2.05) is 48.5 Å². The third-order valence-electron chi connectivity index (χ3n) is 5.02. The van der Waals surface area contributed by atoms with E-state index in [0.29, 0.717) is 18.7 Å². The average Bonchev–Trinajstić information content (AvgIpc) is 2.78. The molecule has 0 aliphatic heterocycles. The van der Waals surface area contributed by atoms with Crippen molar-refractivity contribution in [3.63, 3.8) is 0 Å². The number of fused-ring (bicyclic) bond motifs is 1. The Kier molecular flexibility index (Phi) is 7.07. The molecule has 0 radical (unpaired) electrons. The Morgan fingerprint density at radius 1 is 0.867 bits per heavy atom. The lowest BCUT2D eigenvalue weighted by atomic mass is 10.0. The minimum atomic E-state index is -0.172. The minimum Gasteiger partial charge on any atom is -0.493 e. The van der Waals surface area contributed by atoms with Gasteiger partial charge < -0.3 is 14.5 Å². The van der Waals surface area contributed by atoms with Crippen LogP contribution in [-0.4, -0.2) is 48.9 Å². The van der Waals surface area contributed by atoms with E-state index in [1.165, 1.54) is 4.90 Å². The van der Waals surface area contributed by atoms with Crippen LogP contribution in [0.25, 0.3) is 10.8 Å². The molecular formula is C25H28N2O3. The molecule has 30 heavy (non-hydrogen) atoms. The van der Waals surface area contributed by atoms with Gasteiger partial charge in [0.15, 0.2) is 0 Å². The molecule has 0 saturated carbocycles. The smallest absolute Gasteiger partial charge is 0.254 e. The predicted octanol–water partition coefficient (Wildman–Crippen LogP) is 4.36. The van der Waals surface area contributed by atoms with Gasteiger partial charge in [-0.3, -0.25) is 9.59 Å². The topological polar surface area (TPSA) is 49.9 Å². The molecule has 0 unspecified atom stereocenters. The van der Waals surface area contributed by atoms with Gasteiger partial charge >= 0.3 is 0 Å². The number of hydrogen-bond acceptors (Lipinski definition) is 3. The third kappa shape index (κ3) is 4.98. The number of benzene rings is 3. The molecule has 0 spiro atoms. The lowest BCUT2D eigenvalue weighted by Crippen LogP contribution is -2.39. The maximum atomic E-state index is 12.8. The molecule has 0 atom stereocenters. The number of hydrogen-bond donors (Lipinski definition) is 0.